The Labute approximate surface area is 127 Å². The third-order valence-electron chi connectivity index (χ3n) is 2.76. The molecule has 2 aromatic heterocycles. The monoisotopic (exact) mass is 350 g/mol. The Balaban J connectivity index is 2.09. The molecule has 2 heterocycles. The van der Waals surface area contributed by atoms with Gasteiger partial charge in [-0.3, -0.25) is 0 Å². The molecule has 0 aliphatic heterocycles. The van der Waals surface area contributed by atoms with Gasteiger partial charge in [-0.2, -0.15) is 4.98 Å². The Bertz CT molecular complexity index is 774. The van der Waals surface area contributed by atoms with E-state index in [1.807, 2.05) is 29.6 Å². The first-order valence-electron chi connectivity index (χ1n) is 5.78. The number of halogens is 1. The smallest absolute Gasteiger partial charge is 0.223 e. The number of methoxy groups -OCH3 is 1. The fraction of sp³-hybridized carbons (Fsp3) is 0.0769. The average Bonchev–Trinajstić information content (AvgIpc) is 2.87. The van der Waals surface area contributed by atoms with Crippen LogP contribution in [0.2, 0.25) is 0 Å². The highest BCUT2D eigenvalue weighted by atomic mass is 79.9. The number of anilines is 3. The van der Waals surface area contributed by atoms with E-state index in [9.17, 15) is 0 Å². The van der Waals surface area contributed by atoms with Crippen molar-refractivity contribution in [2.45, 2.75) is 0 Å². The van der Waals surface area contributed by atoms with Crippen LogP contribution >= 0.6 is 27.3 Å². The van der Waals surface area contributed by atoms with Crippen molar-refractivity contribution in [1.29, 1.82) is 0 Å². The lowest BCUT2D eigenvalue weighted by molar-refractivity contribution is 0.416. The molecular weight excluding hydrogens is 340 g/mol. The molecule has 0 atom stereocenters. The number of hydrogen-bond acceptors (Lipinski definition) is 6. The molecule has 0 fully saturated rings. The summed E-state index contributed by atoms with van der Waals surface area (Å²) < 4.78 is 6.29. The predicted molar refractivity (Wildman–Crippen MR) is 85.8 cm³/mol. The zero-order valence-corrected chi connectivity index (χ0v) is 13.0. The highest BCUT2D eigenvalue weighted by molar-refractivity contribution is 9.10. The molecule has 3 rings (SSSR count). The van der Waals surface area contributed by atoms with Crippen LogP contribution in [0.3, 0.4) is 0 Å². The van der Waals surface area contributed by atoms with Crippen LogP contribution in [0.1, 0.15) is 0 Å². The summed E-state index contributed by atoms with van der Waals surface area (Å²) in [6, 6.07) is 7.68. The van der Waals surface area contributed by atoms with E-state index in [4.69, 9.17) is 10.5 Å². The molecule has 0 unspecified atom stereocenters. The maximum Gasteiger partial charge on any atom is 0.223 e. The summed E-state index contributed by atoms with van der Waals surface area (Å²) in [6.07, 6.45) is 0. The van der Waals surface area contributed by atoms with Gasteiger partial charge in [-0.05, 0) is 29.6 Å². The van der Waals surface area contributed by atoms with Gasteiger partial charge in [-0.25, -0.2) is 4.98 Å². The second kappa shape index (κ2) is 5.26. The summed E-state index contributed by atoms with van der Waals surface area (Å²) >= 11 is 4.97. The van der Waals surface area contributed by atoms with Crippen molar-refractivity contribution >= 4 is 54.9 Å². The van der Waals surface area contributed by atoms with Gasteiger partial charge in [0.2, 0.25) is 5.95 Å². The molecule has 0 saturated carbocycles. The number of nitrogen functional groups attached to an aromatic ring is 1. The van der Waals surface area contributed by atoms with Crippen molar-refractivity contribution in [2.75, 3.05) is 18.2 Å². The van der Waals surface area contributed by atoms with Gasteiger partial charge in [0.25, 0.3) is 0 Å². The molecule has 0 bridgehead atoms. The second-order valence-electron chi connectivity index (χ2n) is 4.04. The topological polar surface area (TPSA) is 73.1 Å². The average molecular weight is 351 g/mol. The number of rotatable bonds is 3. The van der Waals surface area contributed by atoms with Crippen LogP contribution in [-0.4, -0.2) is 17.1 Å². The molecule has 0 spiro atoms. The SMILES string of the molecule is COc1ccc(Br)cc1Nc1nc(N)nc2sccc12. The summed E-state index contributed by atoms with van der Waals surface area (Å²) in [5.74, 6) is 1.65. The van der Waals surface area contributed by atoms with Crippen LogP contribution < -0.4 is 15.8 Å². The van der Waals surface area contributed by atoms with Gasteiger partial charge in [-0.15, -0.1) is 11.3 Å². The minimum atomic E-state index is 0.247. The van der Waals surface area contributed by atoms with Crippen LogP contribution in [0.15, 0.2) is 34.1 Å². The third-order valence-corrected chi connectivity index (χ3v) is 4.06. The zero-order valence-electron chi connectivity index (χ0n) is 10.6. The lowest BCUT2D eigenvalue weighted by atomic mass is 10.3. The number of nitrogens with one attached hydrogen (secondary N) is 1. The Kier molecular flexibility index (Phi) is 3.45. The fourth-order valence-corrected chi connectivity index (χ4v) is 3.00. The van der Waals surface area contributed by atoms with Crippen LogP contribution in [0.4, 0.5) is 17.5 Å². The molecule has 20 heavy (non-hydrogen) atoms. The quantitative estimate of drug-likeness (QED) is 0.751. The van der Waals surface area contributed by atoms with Crippen molar-refractivity contribution in [1.82, 2.24) is 9.97 Å². The van der Waals surface area contributed by atoms with E-state index in [-0.39, 0.29) is 5.95 Å². The summed E-state index contributed by atoms with van der Waals surface area (Å²) in [5.41, 5.74) is 6.55. The Morgan fingerprint density at radius 3 is 2.95 bits per heavy atom. The standard InChI is InChI=1S/C13H11BrN4OS/c1-19-10-3-2-7(14)6-9(10)16-11-8-4-5-20-12(8)18-13(15)17-11/h2-6H,1H3,(H3,15,16,17,18). The Morgan fingerprint density at radius 1 is 1.30 bits per heavy atom. The first-order valence-corrected chi connectivity index (χ1v) is 7.46. The van der Waals surface area contributed by atoms with Gasteiger partial charge in [0.15, 0.2) is 0 Å². The van der Waals surface area contributed by atoms with Crippen molar-refractivity contribution in [3.63, 3.8) is 0 Å². The van der Waals surface area contributed by atoms with Crippen LogP contribution in [0.25, 0.3) is 10.2 Å². The van der Waals surface area contributed by atoms with Crippen LogP contribution in [-0.2, 0) is 0 Å². The second-order valence-corrected chi connectivity index (χ2v) is 5.85. The van der Waals surface area contributed by atoms with E-state index in [0.29, 0.717) is 5.82 Å². The minimum Gasteiger partial charge on any atom is -0.495 e. The molecule has 0 radical (unpaired) electrons. The van der Waals surface area contributed by atoms with Gasteiger partial charge in [0, 0.05) is 4.47 Å². The highest BCUT2D eigenvalue weighted by Gasteiger charge is 2.10. The van der Waals surface area contributed by atoms with Crippen molar-refractivity contribution in [3.05, 3.63) is 34.1 Å². The maximum atomic E-state index is 5.74. The highest BCUT2D eigenvalue weighted by Crippen LogP contribution is 2.33. The minimum absolute atomic E-state index is 0.247. The van der Waals surface area contributed by atoms with Crippen molar-refractivity contribution in [3.8, 4) is 5.75 Å². The lowest BCUT2D eigenvalue weighted by Crippen LogP contribution is -2.01. The van der Waals surface area contributed by atoms with E-state index in [1.165, 1.54) is 11.3 Å². The number of ether oxygens (including phenoxy) is 1. The molecule has 0 aliphatic carbocycles. The molecule has 3 aromatic rings. The van der Waals surface area contributed by atoms with E-state index < -0.39 is 0 Å². The van der Waals surface area contributed by atoms with Crippen molar-refractivity contribution < 1.29 is 4.74 Å². The zero-order chi connectivity index (χ0) is 14.1. The van der Waals surface area contributed by atoms with Gasteiger partial charge < -0.3 is 15.8 Å². The molecule has 5 nitrogen and oxygen atoms in total. The first-order chi connectivity index (χ1) is 9.67. The Hall–Kier alpha value is -1.86. The number of nitrogens with zero attached hydrogens (tertiary/aromatic N) is 2. The summed E-state index contributed by atoms with van der Waals surface area (Å²) in [5, 5.41) is 6.15. The molecule has 0 amide bonds. The molecule has 0 saturated heterocycles. The van der Waals surface area contributed by atoms with Crippen LogP contribution in [0, 0.1) is 0 Å². The van der Waals surface area contributed by atoms with E-state index in [1.54, 1.807) is 7.11 Å². The number of thiophene rings is 1. The van der Waals surface area contributed by atoms with Gasteiger partial charge in [0.05, 0.1) is 18.2 Å². The number of nitrogens with two attached hydrogens (primary N) is 1. The summed E-state index contributed by atoms with van der Waals surface area (Å²) in [7, 11) is 1.63. The number of aromatic nitrogens is 2. The lowest BCUT2D eigenvalue weighted by Gasteiger charge is -2.12. The summed E-state index contributed by atoms with van der Waals surface area (Å²) in [6.45, 7) is 0. The molecular formula is C13H11BrN4OS. The summed E-state index contributed by atoms with van der Waals surface area (Å²) in [4.78, 5) is 9.32. The normalized spacial score (nSPS) is 10.7. The van der Waals surface area contributed by atoms with Gasteiger partial charge in [0.1, 0.15) is 16.4 Å². The first kappa shape index (κ1) is 13.1. The largest absolute Gasteiger partial charge is 0.495 e. The molecule has 3 N–H and O–H groups in total. The van der Waals surface area contributed by atoms with Crippen LogP contribution in [0.5, 0.6) is 5.75 Å². The van der Waals surface area contributed by atoms with Crippen molar-refractivity contribution in [2.24, 2.45) is 0 Å². The van der Waals surface area contributed by atoms with E-state index in [0.717, 1.165) is 26.1 Å². The van der Waals surface area contributed by atoms with E-state index in [2.05, 4.69) is 31.2 Å². The molecule has 7 heteroatoms. The number of hydrogen-bond donors (Lipinski definition) is 2. The molecule has 1 aromatic carbocycles. The number of fused-ring (bicyclic) bond motifs is 1. The molecule has 102 valence electrons. The van der Waals surface area contributed by atoms with Gasteiger partial charge in [-0.1, -0.05) is 15.9 Å². The molecule has 0 aliphatic rings. The number of benzene rings is 1. The predicted octanol–water partition coefficient (Wildman–Crippen LogP) is 3.79. The maximum absolute atomic E-state index is 5.74. The van der Waals surface area contributed by atoms with E-state index >= 15 is 0 Å². The fourth-order valence-electron chi connectivity index (χ4n) is 1.87. The van der Waals surface area contributed by atoms with Gasteiger partial charge >= 0.3 is 0 Å². The Morgan fingerprint density at radius 2 is 2.15 bits per heavy atom. The third kappa shape index (κ3) is 2.41.